The quantitative estimate of drug-likeness (QED) is 0.605. The van der Waals surface area contributed by atoms with Gasteiger partial charge in [-0.1, -0.05) is 0 Å². The molecule has 1 aliphatic rings. The van der Waals surface area contributed by atoms with Gasteiger partial charge in [0.25, 0.3) is 0 Å². The Labute approximate surface area is 125 Å². The van der Waals surface area contributed by atoms with Crippen molar-refractivity contribution >= 4 is 5.97 Å². The summed E-state index contributed by atoms with van der Waals surface area (Å²) in [6.07, 6.45) is 4.80. The third kappa shape index (κ3) is 4.56. The summed E-state index contributed by atoms with van der Waals surface area (Å²) in [5, 5.41) is 0. The molecule has 6 nitrogen and oxygen atoms in total. The Morgan fingerprint density at radius 3 is 2.90 bits per heavy atom. The van der Waals surface area contributed by atoms with Gasteiger partial charge in [-0.2, -0.15) is 0 Å². The molecule has 1 aromatic heterocycles. The van der Waals surface area contributed by atoms with Crippen molar-refractivity contribution < 1.29 is 18.7 Å². The Kier molecular flexibility index (Phi) is 6.22. The molecule has 0 radical (unpaired) electrons. The van der Waals surface area contributed by atoms with Gasteiger partial charge in [-0.3, -0.25) is 4.90 Å². The molecule has 6 heteroatoms. The molecular weight excluding hydrogens is 272 g/mol. The van der Waals surface area contributed by atoms with Crippen molar-refractivity contribution in [2.24, 2.45) is 5.73 Å². The minimum Gasteiger partial charge on any atom is -0.463 e. The van der Waals surface area contributed by atoms with Crippen molar-refractivity contribution in [3.63, 3.8) is 0 Å². The van der Waals surface area contributed by atoms with E-state index < -0.39 is 5.97 Å². The highest BCUT2D eigenvalue weighted by molar-refractivity contribution is 5.87. The van der Waals surface area contributed by atoms with Gasteiger partial charge in [0.15, 0.2) is 0 Å². The molecule has 2 rings (SSSR count). The molecule has 0 saturated carbocycles. The van der Waals surface area contributed by atoms with Crippen LogP contribution in [0.4, 0.5) is 0 Å². The lowest BCUT2D eigenvalue weighted by molar-refractivity contribution is 0.00545. The van der Waals surface area contributed by atoms with Gasteiger partial charge in [0.2, 0.25) is 5.76 Å². The number of likely N-dealkylation sites (tertiary alicyclic amines) is 1. The number of ether oxygens (including phenoxy) is 2. The maximum absolute atomic E-state index is 11.6. The predicted molar refractivity (Wildman–Crippen MR) is 78.0 cm³/mol. The molecule has 1 saturated heterocycles. The van der Waals surface area contributed by atoms with Crippen molar-refractivity contribution in [3.8, 4) is 0 Å². The Hall–Kier alpha value is -1.37. The van der Waals surface area contributed by atoms with Crippen LogP contribution in [-0.2, 0) is 16.0 Å². The number of nitrogens with two attached hydrogens (primary N) is 1. The number of piperidine rings is 1. The molecule has 1 fully saturated rings. The first-order valence-corrected chi connectivity index (χ1v) is 7.43. The Balaban J connectivity index is 1.78. The van der Waals surface area contributed by atoms with Crippen molar-refractivity contribution in [3.05, 3.63) is 23.7 Å². The number of hydrogen-bond donors (Lipinski definition) is 1. The molecule has 2 heterocycles. The van der Waals surface area contributed by atoms with Gasteiger partial charge in [0, 0.05) is 31.8 Å². The van der Waals surface area contributed by atoms with Gasteiger partial charge in [-0.05, 0) is 31.9 Å². The van der Waals surface area contributed by atoms with Crippen LogP contribution in [-0.4, -0.2) is 50.3 Å². The average Bonchev–Trinajstić information content (AvgIpc) is 2.96. The van der Waals surface area contributed by atoms with Crippen molar-refractivity contribution in [2.45, 2.75) is 31.9 Å². The molecule has 1 aromatic rings. The number of rotatable bonds is 7. The number of methoxy groups -OCH3 is 1. The highest BCUT2D eigenvalue weighted by Crippen LogP contribution is 2.19. The summed E-state index contributed by atoms with van der Waals surface area (Å²) in [4.78, 5) is 13.9. The summed E-state index contributed by atoms with van der Waals surface area (Å²) >= 11 is 0. The zero-order valence-corrected chi connectivity index (χ0v) is 12.5. The van der Waals surface area contributed by atoms with E-state index in [4.69, 9.17) is 19.6 Å². The third-order valence-electron chi connectivity index (χ3n) is 3.75. The van der Waals surface area contributed by atoms with Crippen LogP contribution in [0.25, 0.3) is 0 Å². The molecule has 0 amide bonds. The monoisotopic (exact) mass is 296 g/mol. The minimum absolute atomic E-state index is 0.304. The van der Waals surface area contributed by atoms with E-state index in [9.17, 15) is 4.79 Å². The molecule has 21 heavy (non-hydrogen) atoms. The first-order chi connectivity index (χ1) is 10.2. The van der Waals surface area contributed by atoms with E-state index in [1.54, 1.807) is 0 Å². The fourth-order valence-corrected chi connectivity index (χ4v) is 2.54. The van der Waals surface area contributed by atoms with Gasteiger partial charge >= 0.3 is 5.97 Å². The van der Waals surface area contributed by atoms with E-state index in [2.05, 4.69) is 4.90 Å². The van der Waals surface area contributed by atoms with Crippen LogP contribution < -0.4 is 5.73 Å². The first-order valence-electron chi connectivity index (χ1n) is 7.43. The number of carbonyl (C=O) groups is 1. The van der Waals surface area contributed by atoms with Crippen LogP contribution >= 0.6 is 0 Å². The number of nitrogens with zero attached hydrogens (tertiary/aromatic N) is 1. The molecule has 0 aromatic carbocycles. The van der Waals surface area contributed by atoms with Gasteiger partial charge in [0.1, 0.15) is 0 Å². The van der Waals surface area contributed by atoms with Crippen LogP contribution in [0.1, 0.15) is 35.4 Å². The first kappa shape index (κ1) is 16.0. The van der Waals surface area contributed by atoms with Crippen molar-refractivity contribution in [2.75, 3.05) is 33.4 Å². The van der Waals surface area contributed by atoms with Crippen LogP contribution in [0.3, 0.4) is 0 Å². The van der Waals surface area contributed by atoms with Crippen LogP contribution in [0, 0.1) is 0 Å². The summed E-state index contributed by atoms with van der Waals surface area (Å²) in [5.41, 5.74) is 6.34. The summed E-state index contributed by atoms with van der Waals surface area (Å²) in [6, 6.07) is 1.83. The maximum atomic E-state index is 11.6. The summed E-state index contributed by atoms with van der Waals surface area (Å²) < 4.78 is 15.7. The summed E-state index contributed by atoms with van der Waals surface area (Å²) in [6.45, 7) is 4.04. The van der Waals surface area contributed by atoms with E-state index in [-0.39, 0.29) is 0 Å². The maximum Gasteiger partial charge on any atom is 0.374 e. The molecule has 0 spiro atoms. The van der Waals surface area contributed by atoms with E-state index in [1.165, 1.54) is 13.4 Å². The predicted octanol–water partition coefficient (Wildman–Crippen LogP) is 1.40. The summed E-state index contributed by atoms with van der Waals surface area (Å²) in [7, 11) is 1.36. The largest absolute Gasteiger partial charge is 0.463 e. The van der Waals surface area contributed by atoms with Gasteiger partial charge in [-0.15, -0.1) is 0 Å². The van der Waals surface area contributed by atoms with Crippen molar-refractivity contribution in [1.82, 2.24) is 4.90 Å². The summed E-state index contributed by atoms with van der Waals surface area (Å²) in [5.74, 6) is -0.117. The SMILES string of the molecule is COC(=O)c1occc1CN1CCC(OCCCN)CC1. The number of furan rings is 1. The minimum atomic E-state index is -0.421. The molecule has 118 valence electrons. The molecule has 2 N–H and O–H groups in total. The van der Waals surface area contributed by atoms with Gasteiger partial charge < -0.3 is 19.6 Å². The highest BCUT2D eigenvalue weighted by atomic mass is 16.5. The lowest BCUT2D eigenvalue weighted by atomic mass is 10.1. The Morgan fingerprint density at radius 1 is 1.48 bits per heavy atom. The smallest absolute Gasteiger partial charge is 0.374 e. The van der Waals surface area contributed by atoms with E-state index in [0.29, 0.717) is 25.0 Å². The molecule has 0 atom stereocenters. The molecule has 1 aliphatic heterocycles. The molecule has 0 bridgehead atoms. The zero-order valence-electron chi connectivity index (χ0n) is 12.5. The second kappa shape index (κ2) is 8.17. The van der Waals surface area contributed by atoms with Crippen molar-refractivity contribution in [1.29, 1.82) is 0 Å². The molecular formula is C15H24N2O4. The number of hydrogen-bond acceptors (Lipinski definition) is 6. The van der Waals surface area contributed by atoms with E-state index in [0.717, 1.165) is 44.5 Å². The highest BCUT2D eigenvalue weighted by Gasteiger charge is 2.22. The fourth-order valence-electron chi connectivity index (χ4n) is 2.54. The second-order valence-electron chi connectivity index (χ2n) is 5.26. The fraction of sp³-hybridized carbons (Fsp3) is 0.667. The standard InChI is InChI=1S/C15H24N2O4/c1-19-15(18)14-12(5-10-21-14)11-17-7-3-13(4-8-17)20-9-2-6-16/h5,10,13H,2-4,6-9,11,16H2,1H3. The lowest BCUT2D eigenvalue weighted by Gasteiger charge is -2.31. The Morgan fingerprint density at radius 2 is 2.24 bits per heavy atom. The third-order valence-corrected chi connectivity index (χ3v) is 3.75. The van der Waals surface area contributed by atoms with E-state index >= 15 is 0 Å². The van der Waals surface area contributed by atoms with E-state index in [1.807, 2.05) is 6.07 Å². The number of esters is 1. The number of carbonyl (C=O) groups excluding carboxylic acids is 1. The molecule has 0 unspecified atom stereocenters. The van der Waals surface area contributed by atoms with Crippen LogP contribution in [0.5, 0.6) is 0 Å². The Bertz CT molecular complexity index is 439. The normalized spacial score (nSPS) is 17.0. The average molecular weight is 296 g/mol. The topological polar surface area (TPSA) is 77.9 Å². The van der Waals surface area contributed by atoms with Crippen LogP contribution in [0.2, 0.25) is 0 Å². The molecule has 0 aliphatic carbocycles. The lowest BCUT2D eigenvalue weighted by Crippen LogP contribution is -2.37. The van der Waals surface area contributed by atoms with Gasteiger partial charge in [-0.25, -0.2) is 4.79 Å². The van der Waals surface area contributed by atoms with Crippen LogP contribution in [0.15, 0.2) is 16.7 Å². The second-order valence-corrected chi connectivity index (χ2v) is 5.26. The van der Waals surface area contributed by atoms with Gasteiger partial charge in [0.05, 0.1) is 19.5 Å². The zero-order chi connectivity index (χ0) is 15.1.